The van der Waals surface area contributed by atoms with E-state index in [2.05, 4.69) is 27.3 Å². The molecule has 1 amide bonds. The maximum Gasteiger partial charge on any atom is 0.288 e. The molecule has 0 aliphatic heterocycles. The van der Waals surface area contributed by atoms with Crippen molar-refractivity contribution in [1.29, 1.82) is 5.26 Å². The fourth-order valence-corrected chi connectivity index (χ4v) is 2.80. The lowest BCUT2D eigenvalue weighted by molar-refractivity contribution is 0.0878. The fourth-order valence-electron chi connectivity index (χ4n) is 2.49. The molecule has 1 aromatic rings. The van der Waals surface area contributed by atoms with E-state index < -0.39 is 5.54 Å². The Morgan fingerprint density at radius 1 is 1.26 bits per heavy atom. The Hall–Kier alpha value is -1.28. The summed E-state index contributed by atoms with van der Waals surface area (Å²) in [6, 6.07) is 5.58. The Balaban J connectivity index is 2.08. The number of amides is 1. The van der Waals surface area contributed by atoms with Crippen molar-refractivity contribution >= 4 is 21.8 Å². The van der Waals surface area contributed by atoms with Crippen molar-refractivity contribution in [3.63, 3.8) is 0 Å². The van der Waals surface area contributed by atoms with Gasteiger partial charge in [0, 0.05) is 0 Å². The Labute approximate surface area is 121 Å². The summed E-state index contributed by atoms with van der Waals surface area (Å²) in [6.45, 7) is 0. The van der Waals surface area contributed by atoms with E-state index in [0.29, 0.717) is 4.67 Å². The van der Waals surface area contributed by atoms with Gasteiger partial charge in [0.05, 0.1) is 6.07 Å². The van der Waals surface area contributed by atoms with Crippen LogP contribution >= 0.6 is 15.9 Å². The van der Waals surface area contributed by atoms with Crippen molar-refractivity contribution < 1.29 is 9.21 Å². The highest BCUT2D eigenvalue weighted by molar-refractivity contribution is 9.10. The van der Waals surface area contributed by atoms with Gasteiger partial charge >= 0.3 is 0 Å². The van der Waals surface area contributed by atoms with Gasteiger partial charge in [-0.1, -0.05) is 32.1 Å². The molecular weight excluding hydrogens is 308 g/mol. The number of furan rings is 1. The number of nitriles is 1. The molecule has 102 valence electrons. The van der Waals surface area contributed by atoms with Crippen molar-refractivity contribution in [3.8, 4) is 6.07 Å². The summed E-state index contributed by atoms with van der Waals surface area (Å²) in [7, 11) is 0. The smallest absolute Gasteiger partial charge is 0.288 e. The zero-order valence-electron chi connectivity index (χ0n) is 10.7. The normalized spacial score (nSPS) is 18.9. The molecule has 5 heteroatoms. The van der Waals surface area contributed by atoms with E-state index in [-0.39, 0.29) is 11.7 Å². The molecule has 1 aliphatic carbocycles. The summed E-state index contributed by atoms with van der Waals surface area (Å²) in [5, 5.41) is 12.3. The lowest BCUT2D eigenvalue weighted by atomic mass is 9.85. The third-order valence-electron chi connectivity index (χ3n) is 3.57. The first kappa shape index (κ1) is 14.1. The van der Waals surface area contributed by atoms with Crippen molar-refractivity contribution in [2.75, 3.05) is 0 Å². The van der Waals surface area contributed by atoms with Crippen molar-refractivity contribution in [2.24, 2.45) is 0 Å². The Bertz CT molecular complexity index is 482. The molecule has 1 aliphatic rings. The second kappa shape index (κ2) is 6.25. The molecular formula is C14H17BrN2O2. The zero-order valence-corrected chi connectivity index (χ0v) is 12.3. The van der Waals surface area contributed by atoms with Gasteiger partial charge in [-0.2, -0.15) is 5.26 Å². The second-order valence-electron chi connectivity index (χ2n) is 5.02. The van der Waals surface area contributed by atoms with E-state index in [1.54, 1.807) is 12.1 Å². The molecule has 0 bridgehead atoms. The molecule has 0 radical (unpaired) electrons. The van der Waals surface area contributed by atoms with Gasteiger partial charge in [-0.25, -0.2) is 0 Å². The maximum atomic E-state index is 12.1. The lowest BCUT2D eigenvalue weighted by Crippen LogP contribution is -2.47. The summed E-state index contributed by atoms with van der Waals surface area (Å²) in [4.78, 5) is 12.1. The number of carbonyl (C=O) groups is 1. The molecule has 1 aromatic heterocycles. The van der Waals surface area contributed by atoms with E-state index in [9.17, 15) is 10.1 Å². The summed E-state index contributed by atoms with van der Waals surface area (Å²) in [5.41, 5.74) is -0.739. The topological polar surface area (TPSA) is 66.0 Å². The predicted octanol–water partition coefficient (Wildman–Crippen LogP) is 3.78. The summed E-state index contributed by atoms with van der Waals surface area (Å²) in [5.74, 6) is -0.0728. The Kier molecular flexibility index (Phi) is 4.65. The van der Waals surface area contributed by atoms with Crippen LogP contribution < -0.4 is 5.32 Å². The van der Waals surface area contributed by atoms with Gasteiger partial charge in [0.1, 0.15) is 5.54 Å². The summed E-state index contributed by atoms with van der Waals surface area (Å²) < 4.78 is 5.74. The molecule has 0 atom stereocenters. The van der Waals surface area contributed by atoms with E-state index in [1.165, 1.54) is 6.42 Å². The molecule has 0 saturated heterocycles. The molecule has 2 rings (SSSR count). The first-order valence-electron chi connectivity index (χ1n) is 6.64. The van der Waals surface area contributed by atoms with Gasteiger partial charge in [0.2, 0.25) is 0 Å². The molecule has 1 fully saturated rings. The molecule has 0 spiro atoms. The third kappa shape index (κ3) is 3.60. The fraction of sp³-hybridized carbons (Fsp3) is 0.571. The highest BCUT2D eigenvalue weighted by Crippen LogP contribution is 2.26. The minimum Gasteiger partial charge on any atom is -0.444 e. The molecule has 1 N–H and O–H groups in total. The van der Waals surface area contributed by atoms with Gasteiger partial charge in [-0.3, -0.25) is 4.79 Å². The maximum absolute atomic E-state index is 12.1. The first-order valence-corrected chi connectivity index (χ1v) is 7.44. The summed E-state index contributed by atoms with van der Waals surface area (Å²) in [6.07, 6.45) is 6.89. The number of hydrogen-bond acceptors (Lipinski definition) is 3. The molecule has 0 aromatic carbocycles. The van der Waals surface area contributed by atoms with Crippen LogP contribution in [0.4, 0.5) is 0 Å². The van der Waals surface area contributed by atoms with E-state index in [1.807, 2.05) is 0 Å². The Morgan fingerprint density at radius 2 is 1.89 bits per heavy atom. The molecule has 19 heavy (non-hydrogen) atoms. The molecule has 1 saturated carbocycles. The van der Waals surface area contributed by atoms with Gasteiger partial charge < -0.3 is 9.73 Å². The van der Waals surface area contributed by atoms with Crippen molar-refractivity contribution in [1.82, 2.24) is 5.32 Å². The largest absolute Gasteiger partial charge is 0.444 e. The van der Waals surface area contributed by atoms with Gasteiger partial charge in [0.15, 0.2) is 10.4 Å². The number of rotatable bonds is 2. The number of nitrogens with one attached hydrogen (secondary N) is 1. The van der Waals surface area contributed by atoms with Gasteiger partial charge in [-0.15, -0.1) is 0 Å². The van der Waals surface area contributed by atoms with Crippen LogP contribution in [0.2, 0.25) is 0 Å². The first-order chi connectivity index (χ1) is 9.15. The van der Waals surface area contributed by atoms with Crippen LogP contribution in [0.15, 0.2) is 21.2 Å². The van der Waals surface area contributed by atoms with Crippen molar-refractivity contribution in [2.45, 2.75) is 50.5 Å². The quantitative estimate of drug-likeness (QED) is 0.900. The van der Waals surface area contributed by atoms with E-state index in [4.69, 9.17) is 4.42 Å². The van der Waals surface area contributed by atoms with Gasteiger partial charge in [0.25, 0.3) is 5.91 Å². The van der Waals surface area contributed by atoms with Crippen LogP contribution in [0.3, 0.4) is 0 Å². The number of hydrogen-bond donors (Lipinski definition) is 1. The average molecular weight is 325 g/mol. The molecule has 0 unspecified atom stereocenters. The van der Waals surface area contributed by atoms with Crippen LogP contribution in [0, 0.1) is 11.3 Å². The Morgan fingerprint density at radius 3 is 2.42 bits per heavy atom. The standard InChI is InChI=1S/C14H17BrN2O2/c15-12-7-6-11(19-12)13(18)17-14(10-16)8-4-2-1-3-5-9-14/h6-7H,1-5,8-9H2,(H,17,18). The van der Waals surface area contributed by atoms with Crippen LogP contribution in [-0.2, 0) is 0 Å². The van der Waals surface area contributed by atoms with E-state index >= 15 is 0 Å². The van der Waals surface area contributed by atoms with E-state index in [0.717, 1.165) is 38.5 Å². The number of nitrogens with zero attached hydrogens (tertiary/aromatic N) is 1. The SMILES string of the molecule is N#CC1(NC(=O)c2ccc(Br)o2)CCCCCCC1. The third-order valence-corrected chi connectivity index (χ3v) is 4.00. The second-order valence-corrected chi connectivity index (χ2v) is 5.80. The zero-order chi connectivity index (χ0) is 13.7. The number of halogens is 1. The van der Waals surface area contributed by atoms with Crippen LogP contribution in [0.5, 0.6) is 0 Å². The van der Waals surface area contributed by atoms with Crippen LogP contribution in [-0.4, -0.2) is 11.4 Å². The molecule has 4 nitrogen and oxygen atoms in total. The lowest BCUT2D eigenvalue weighted by Gasteiger charge is -2.29. The number of carbonyl (C=O) groups excluding carboxylic acids is 1. The molecule has 1 heterocycles. The summed E-state index contributed by atoms with van der Waals surface area (Å²) >= 11 is 3.17. The van der Waals surface area contributed by atoms with Crippen LogP contribution in [0.1, 0.15) is 55.5 Å². The van der Waals surface area contributed by atoms with Gasteiger partial charge in [-0.05, 0) is 40.9 Å². The highest BCUT2D eigenvalue weighted by atomic mass is 79.9. The minimum atomic E-state index is -0.739. The monoisotopic (exact) mass is 324 g/mol. The van der Waals surface area contributed by atoms with Crippen molar-refractivity contribution in [3.05, 3.63) is 22.6 Å². The minimum absolute atomic E-state index is 0.239. The highest BCUT2D eigenvalue weighted by Gasteiger charge is 2.32. The predicted molar refractivity (Wildman–Crippen MR) is 74.5 cm³/mol. The van der Waals surface area contributed by atoms with Crippen LogP contribution in [0.25, 0.3) is 0 Å². The average Bonchev–Trinajstić information content (AvgIpc) is 2.80.